The van der Waals surface area contributed by atoms with Gasteiger partial charge in [0.25, 0.3) is 5.56 Å². The second-order valence-electron chi connectivity index (χ2n) is 4.86. The maximum absolute atomic E-state index is 11.4. The van der Waals surface area contributed by atoms with Gasteiger partial charge in [0.1, 0.15) is 0 Å². The van der Waals surface area contributed by atoms with Crippen LogP contribution in [0.5, 0.6) is 5.88 Å². The summed E-state index contributed by atoms with van der Waals surface area (Å²) in [5, 5.41) is 19.5. The summed E-state index contributed by atoms with van der Waals surface area (Å²) in [6.45, 7) is 5.56. The summed E-state index contributed by atoms with van der Waals surface area (Å²) in [6, 6.07) is 9.16. The number of allylic oxidation sites excluding steroid dienone is 1. The SMILES string of the molecule is C/C(=C\c1ccccc1C)c1c(C)cc(=O)n(O)c1O. The van der Waals surface area contributed by atoms with Crippen LogP contribution in [0.15, 0.2) is 35.1 Å². The molecule has 0 unspecified atom stereocenters. The van der Waals surface area contributed by atoms with Gasteiger partial charge in [0.2, 0.25) is 5.88 Å². The van der Waals surface area contributed by atoms with Crippen LogP contribution in [0.3, 0.4) is 0 Å². The number of pyridine rings is 1. The number of rotatable bonds is 2. The van der Waals surface area contributed by atoms with Crippen LogP contribution in [-0.2, 0) is 0 Å². The molecule has 0 amide bonds. The minimum atomic E-state index is -0.646. The zero-order valence-corrected chi connectivity index (χ0v) is 11.7. The molecule has 0 atom stereocenters. The summed E-state index contributed by atoms with van der Waals surface area (Å²) in [6.07, 6.45) is 1.92. The van der Waals surface area contributed by atoms with Crippen molar-refractivity contribution < 1.29 is 10.3 Å². The molecule has 0 aliphatic rings. The second kappa shape index (κ2) is 5.25. The van der Waals surface area contributed by atoms with Gasteiger partial charge >= 0.3 is 0 Å². The number of hydrogen-bond acceptors (Lipinski definition) is 3. The molecule has 0 spiro atoms. The molecule has 1 heterocycles. The number of aromatic nitrogens is 1. The minimum Gasteiger partial charge on any atom is -0.492 e. The lowest BCUT2D eigenvalue weighted by molar-refractivity contribution is 0.143. The molecule has 0 bridgehead atoms. The van der Waals surface area contributed by atoms with E-state index < -0.39 is 11.4 Å². The first-order chi connectivity index (χ1) is 9.41. The Hall–Kier alpha value is -2.49. The minimum absolute atomic E-state index is 0.261. The summed E-state index contributed by atoms with van der Waals surface area (Å²) in [5.74, 6) is -0.433. The third-order valence-electron chi connectivity index (χ3n) is 3.32. The van der Waals surface area contributed by atoms with Crippen LogP contribution in [0, 0.1) is 13.8 Å². The van der Waals surface area contributed by atoms with E-state index in [2.05, 4.69) is 0 Å². The van der Waals surface area contributed by atoms with E-state index in [4.69, 9.17) is 0 Å². The van der Waals surface area contributed by atoms with Gasteiger partial charge in [-0.25, -0.2) is 0 Å². The van der Waals surface area contributed by atoms with Crippen molar-refractivity contribution in [2.75, 3.05) is 0 Å². The molecule has 20 heavy (non-hydrogen) atoms. The molecule has 0 saturated carbocycles. The van der Waals surface area contributed by atoms with Crippen molar-refractivity contribution >= 4 is 11.6 Å². The van der Waals surface area contributed by atoms with Gasteiger partial charge in [0.15, 0.2) is 0 Å². The summed E-state index contributed by atoms with van der Waals surface area (Å²) in [5.41, 5.74) is 3.36. The van der Waals surface area contributed by atoms with Gasteiger partial charge in [-0.05, 0) is 43.0 Å². The highest BCUT2D eigenvalue weighted by Gasteiger charge is 2.13. The molecule has 104 valence electrons. The molecular formula is C16H17NO3. The van der Waals surface area contributed by atoms with Gasteiger partial charge in [-0.3, -0.25) is 4.79 Å². The molecule has 0 aliphatic heterocycles. The lowest BCUT2D eigenvalue weighted by Crippen LogP contribution is -2.18. The molecule has 0 aliphatic carbocycles. The largest absolute Gasteiger partial charge is 0.492 e. The summed E-state index contributed by atoms with van der Waals surface area (Å²) >= 11 is 0. The summed E-state index contributed by atoms with van der Waals surface area (Å²) in [7, 11) is 0. The van der Waals surface area contributed by atoms with E-state index >= 15 is 0 Å². The smallest absolute Gasteiger partial charge is 0.286 e. The maximum atomic E-state index is 11.4. The Morgan fingerprint density at radius 3 is 2.50 bits per heavy atom. The molecule has 1 aromatic carbocycles. The average molecular weight is 271 g/mol. The lowest BCUT2D eigenvalue weighted by Gasteiger charge is -2.11. The normalized spacial score (nSPS) is 11.7. The van der Waals surface area contributed by atoms with Crippen molar-refractivity contribution in [1.29, 1.82) is 0 Å². The van der Waals surface area contributed by atoms with E-state index in [0.29, 0.717) is 11.1 Å². The third-order valence-corrected chi connectivity index (χ3v) is 3.32. The van der Waals surface area contributed by atoms with Crippen molar-refractivity contribution in [3.05, 3.63) is 62.9 Å². The third kappa shape index (κ3) is 2.45. The highest BCUT2D eigenvalue weighted by molar-refractivity contribution is 5.84. The quantitative estimate of drug-likeness (QED) is 0.825. The maximum Gasteiger partial charge on any atom is 0.286 e. The Morgan fingerprint density at radius 1 is 1.20 bits per heavy atom. The molecule has 2 aromatic rings. The Kier molecular flexibility index (Phi) is 3.66. The first kappa shape index (κ1) is 13.9. The monoisotopic (exact) mass is 271 g/mol. The number of hydrogen-bond donors (Lipinski definition) is 2. The van der Waals surface area contributed by atoms with Gasteiger partial charge in [-0.2, -0.15) is 0 Å². The fourth-order valence-electron chi connectivity index (χ4n) is 2.25. The molecule has 0 fully saturated rings. The van der Waals surface area contributed by atoms with Gasteiger partial charge in [0.05, 0.1) is 0 Å². The molecule has 2 rings (SSSR count). The van der Waals surface area contributed by atoms with Crippen LogP contribution in [-0.4, -0.2) is 15.0 Å². The van der Waals surface area contributed by atoms with Gasteiger partial charge < -0.3 is 10.3 Å². The Balaban J connectivity index is 2.60. The fraction of sp³-hybridized carbons (Fsp3) is 0.188. The summed E-state index contributed by atoms with van der Waals surface area (Å²) in [4.78, 5) is 11.4. The van der Waals surface area contributed by atoms with Crippen molar-refractivity contribution in [2.45, 2.75) is 20.8 Å². The van der Waals surface area contributed by atoms with Crippen LogP contribution < -0.4 is 5.56 Å². The van der Waals surface area contributed by atoms with Crippen LogP contribution in [0.25, 0.3) is 11.6 Å². The first-order valence-electron chi connectivity index (χ1n) is 6.31. The van der Waals surface area contributed by atoms with E-state index in [0.717, 1.165) is 16.7 Å². The number of benzene rings is 1. The molecule has 4 heteroatoms. The molecular weight excluding hydrogens is 254 g/mol. The average Bonchev–Trinajstić information content (AvgIpc) is 2.39. The van der Waals surface area contributed by atoms with Crippen molar-refractivity contribution in [3.8, 4) is 5.88 Å². The van der Waals surface area contributed by atoms with E-state index in [1.165, 1.54) is 6.07 Å². The lowest BCUT2D eigenvalue weighted by atomic mass is 9.99. The zero-order chi connectivity index (χ0) is 14.9. The molecule has 4 nitrogen and oxygen atoms in total. The van der Waals surface area contributed by atoms with Gasteiger partial charge in [-0.1, -0.05) is 30.3 Å². The summed E-state index contributed by atoms with van der Waals surface area (Å²) < 4.78 is 0.261. The van der Waals surface area contributed by atoms with E-state index in [-0.39, 0.29) is 4.73 Å². The molecule has 2 N–H and O–H groups in total. The van der Waals surface area contributed by atoms with Crippen molar-refractivity contribution in [2.24, 2.45) is 0 Å². The molecule has 0 radical (unpaired) electrons. The standard InChI is InChI=1S/C16H17NO3/c1-10-6-4-5-7-13(10)8-11(2)15-12(3)9-14(18)17(20)16(15)19/h4-9,19-20H,1-3H3/b11-8+. The van der Waals surface area contributed by atoms with Crippen LogP contribution >= 0.6 is 0 Å². The molecule has 0 saturated heterocycles. The Morgan fingerprint density at radius 2 is 1.85 bits per heavy atom. The number of aromatic hydroxyl groups is 1. The van der Waals surface area contributed by atoms with E-state index in [9.17, 15) is 15.1 Å². The Bertz CT molecular complexity index is 742. The van der Waals surface area contributed by atoms with Crippen LogP contribution in [0.2, 0.25) is 0 Å². The zero-order valence-electron chi connectivity index (χ0n) is 11.7. The van der Waals surface area contributed by atoms with Crippen LogP contribution in [0.4, 0.5) is 0 Å². The first-order valence-corrected chi connectivity index (χ1v) is 6.31. The number of nitrogens with zero attached hydrogens (tertiary/aromatic N) is 1. The molecule has 1 aromatic heterocycles. The Labute approximate surface area is 117 Å². The van der Waals surface area contributed by atoms with Gasteiger partial charge in [-0.15, -0.1) is 4.73 Å². The fourth-order valence-corrected chi connectivity index (χ4v) is 2.25. The predicted octanol–water partition coefficient (Wildman–Crippen LogP) is 2.97. The topological polar surface area (TPSA) is 62.5 Å². The number of aryl methyl sites for hydroxylation is 2. The highest BCUT2D eigenvalue weighted by Crippen LogP contribution is 2.28. The van der Waals surface area contributed by atoms with Crippen molar-refractivity contribution in [1.82, 2.24) is 4.73 Å². The second-order valence-corrected chi connectivity index (χ2v) is 4.86. The van der Waals surface area contributed by atoms with Gasteiger partial charge in [0, 0.05) is 11.6 Å². The predicted molar refractivity (Wildman–Crippen MR) is 79.0 cm³/mol. The van der Waals surface area contributed by atoms with E-state index in [1.54, 1.807) is 6.92 Å². The van der Waals surface area contributed by atoms with E-state index in [1.807, 2.05) is 44.2 Å². The highest BCUT2D eigenvalue weighted by atomic mass is 16.5. The van der Waals surface area contributed by atoms with Crippen LogP contribution in [0.1, 0.15) is 29.2 Å². The van der Waals surface area contributed by atoms with Crippen molar-refractivity contribution in [3.63, 3.8) is 0 Å².